The summed E-state index contributed by atoms with van der Waals surface area (Å²) >= 11 is 5.84. The van der Waals surface area contributed by atoms with E-state index in [0.29, 0.717) is 9.92 Å². The summed E-state index contributed by atoms with van der Waals surface area (Å²) in [6, 6.07) is 3.15. The zero-order valence-electron chi connectivity index (χ0n) is 7.76. The van der Waals surface area contributed by atoms with Crippen LogP contribution in [0.15, 0.2) is 17.0 Å². The zero-order valence-corrected chi connectivity index (χ0v) is 9.33. The van der Waals surface area contributed by atoms with Crippen molar-refractivity contribution in [3.8, 4) is 0 Å². The first-order valence-corrected chi connectivity index (χ1v) is 6.06. The second kappa shape index (κ2) is 3.31. The lowest BCUT2D eigenvalue weighted by Crippen LogP contribution is -2.01. The molecule has 0 spiro atoms. The van der Waals surface area contributed by atoms with Gasteiger partial charge in [0.1, 0.15) is 0 Å². The van der Waals surface area contributed by atoms with E-state index in [9.17, 15) is 8.42 Å². The Morgan fingerprint density at radius 1 is 1.15 bits per heavy atom. The van der Waals surface area contributed by atoms with Crippen LogP contribution in [0.5, 0.6) is 0 Å². The molecular formula is C9H11ClO2S. The predicted octanol–water partition coefficient (Wildman–Crippen LogP) is 2.36. The van der Waals surface area contributed by atoms with Crippen LogP contribution in [0.2, 0.25) is 5.02 Å². The van der Waals surface area contributed by atoms with Crippen LogP contribution in [0.4, 0.5) is 0 Å². The highest BCUT2D eigenvalue weighted by Gasteiger charge is 2.13. The molecule has 13 heavy (non-hydrogen) atoms. The largest absolute Gasteiger partial charge is 0.224 e. The molecule has 4 heteroatoms. The van der Waals surface area contributed by atoms with Gasteiger partial charge < -0.3 is 0 Å². The molecule has 0 aliphatic carbocycles. The second-order valence-corrected chi connectivity index (χ2v) is 5.46. The summed E-state index contributed by atoms with van der Waals surface area (Å²) in [5, 5.41) is 0.602. The third-order valence-electron chi connectivity index (χ3n) is 2.07. The van der Waals surface area contributed by atoms with E-state index in [4.69, 9.17) is 11.6 Å². The van der Waals surface area contributed by atoms with Crippen molar-refractivity contribution in [3.05, 3.63) is 28.3 Å². The Morgan fingerprint density at radius 2 is 1.69 bits per heavy atom. The molecule has 0 unspecified atom stereocenters. The maximum absolute atomic E-state index is 11.3. The van der Waals surface area contributed by atoms with Crippen LogP contribution < -0.4 is 0 Å². The monoisotopic (exact) mass is 218 g/mol. The number of sulfone groups is 1. The van der Waals surface area contributed by atoms with Gasteiger partial charge in [-0.05, 0) is 37.1 Å². The van der Waals surface area contributed by atoms with Crippen molar-refractivity contribution < 1.29 is 8.42 Å². The molecule has 2 nitrogen and oxygen atoms in total. The summed E-state index contributed by atoms with van der Waals surface area (Å²) in [5.74, 6) is 0. The minimum absolute atomic E-state index is 0.356. The van der Waals surface area contributed by atoms with Gasteiger partial charge in [0.15, 0.2) is 9.84 Å². The SMILES string of the molecule is Cc1c(Cl)ccc(S(C)(=O)=O)c1C. The van der Waals surface area contributed by atoms with Gasteiger partial charge in [0.05, 0.1) is 4.90 Å². The standard InChI is InChI=1S/C9H11ClO2S/c1-6-7(2)9(13(3,11)12)5-4-8(6)10/h4-5H,1-3H3. The van der Waals surface area contributed by atoms with Gasteiger partial charge in [-0.15, -0.1) is 0 Å². The number of rotatable bonds is 1. The van der Waals surface area contributed by atoms with Gasteiger partial charge >= 0.3 is 0 Å². The summed E-state index contributed by atoms with van der Waals surface area (Å²) < 4.78 is 22.5. The van der Waals surface area contributed by atoms with Crippen molar-refractivity contribution in [2.45, 2.75) is 18.7 Å². The summed E-state index contributed by atoms with van der Waals surface area (Å²) in [4.78, 5) is 0.356. The van der Waals surface area contributed by atoms with Crippen molar-refractivity contribution in [2.24, 2.45) is 0 Å². The van der Waals surface area contributed by atoms with Crippen molar-refractivity contribution in [3.63, 3.8) is 0 Å². The third-order valence-corrected chi connectivity index (χ3v) is 3.72. The highest BCUT2D eigenvalue weighted by Crippen LogP contribution is 2.24. The molecule has 1 aromatic carbocycles. The van der Waals surface area contributed by atoms with E-state index in [2.05, 4.69) is 0 Å². The van der Waals surface area contributed by atoms with Gasteiger partial charge in [0.2, 0.25) is 0 Å². The van der Waals surface area contributed by atoms with Gasteiger partial charge in [0.25, 0.3) is 0 Å². The quantitative estimate of drug-likeness (QED) is 0.725. The molecule has 0 aliphatic heterocycles. The lowest BCUT2D eigenvalue weighted by atomic mass is 10.1. The van der Waals surface area contributed by atoms with Gasteiger partial charge in [-0.2, -0.15) is 0 Å². The Bertz CT molecular complexity index is 435. The van der Waals surface area contributed by atoms with E-state index in [0.717, 1.165) is 11.1 Å². The molecule has 0 saturated carbocycles. The molecule has 0 amide bonds. The fraction of sp³-hybridized carbons (Fsp3) is 0.333. The molecule has 0 atom stereocenters. The van der Waals surface area contributed by atoms with Crippen LogP contribution in [0.25, 0.3) is 0 Å². The van der Waals surface area contributed by atoms with Crippen molar-refractivity contribution in [2.75, 3.05) is 6.26 Å². The Labute approximate surface area is 83.5 Å². The van der Waals surface area contributed by atoms with Crippen LogP contribution >= 0.6 is 11.6 Å². The van der Waals surface area contributed by atoms with Crippen molar-refractivity contribution in [1.82, 2.24) is 0 Å². The van der Waals surface area contributed by atoms with E-state index < -0.39 is 9.84 Å². The lowest BCUT2D eigenvalue weighted by Gasteiger charge is -2.07. The first-order chi connectivity index (χ1) is 5.84. The number of hydrogen-bond donors (Lipinski definition) is 0. The smallest absolute Gasteiger partial charge is 0.175 e. The molecule has 72 valence electrons. The van der Waals surface area contributed by atoms with Crippen LogP contribution in [0.1, 0.15) is 11.1 Å². The molecule has 0 saturated heterocycles. The molecule has 0 radical (unpaired) electrons. The van der Waals surface area contributed by atoms with Crippen molar-refractivity contribution in [1.29, 1.82) is 0 Å². The third kappa shape index (κ3) is 2.03. The first-order valence-electron chi connectivity index (χ1n) is 3.80. The summed E-state index contributed by atoms with van der Waals surface area (Å²) in [6.45, 7) is 3.57. The van der Waals surface area contributed by atoms with Crippen LogP contribution in [-0.4, -0.2) is 14.7 Å². The van der Waals surface area contributed by atoms with E-state index in [1.54, 1.807) is 19.1 Å². The van der Waals surface area contributed by atoms with Gasteiger partial charge in [0, 0.05) is 11.3 Å². The summed E-state index contributed by atoms with van der Waals surface area (Å²) in [6.07, 6.45) is 1.20. The molecular weight excluding hydrogens is 208 g/mol. The minimum atomic E-state index is -3.13. The summed E-state index contributed by atoms with van der Waals surface area (Å²) in [5.41, 5.74) is 1.56. The molecule has 0 fully saturated rings. The van der Waals surface area contributed by atoms with Crippen LogP contribution in [0, 0.1) is 13.8 Å². The molecule has 0 bridgehead atoms. The number of hydrogen-bond acceptors (Lipinski definition) is 2. The highest BCUT2D eigenvalue weighted by molar-refractivity contribution is 7.90. The van der Waals surface area contributed by atoms with E-state index in [-0.39, 0.29) is 0 Å². The molecule has 0 heterocycles. The van der Waals surface area contributed by atoms with Crippen molar-refractivity contribution >= 4 is 21.4 Å². The lowest BCUT2D eigenvalue weighted by molar-refractivity contribution is 0.601. The molecule has 1 aromatic rings. The normalized spacial score (nSPS) is 11.7. The van der Waals surface area contributed by atoms with Crippen LogP contribution in [0.3, 0.4) is 0 Å². The Morgan fingerprint density at radius 3 is 2.15 bits per heavy atom. The Kier molecular flexibility index (Phi) is 2.68. The summed E-state index contributed by atoms with van der Waals surface area (Å²) in [7, 11) is -3.13. The molecule has 0 aromatic heterocycles. The Balaban J connectivity index is 3.53. The Hall–Kier alpha value is -0.540. The number of benzene rings is 1. The zero-order chi connectivity index (χ0) is 10.2. The van der Waals surface area contributed by atoms with Crippen LogP contribution in [-0.2, 0) is 9.84 Å². The van der Waals surface area contributed by atoms with E-state index in [1.807, 2.05) is 6.92 Å². The molecule has 0 aliphatic rings. The minimum Gasteiger partial charge on any atom is -0.224 e. The maximum atomic E-state index is 11.3. The second-order valence-electron chi connectivity index (χ2n) is 3.07. The average Bonchev–Trinajstić information content (AvgIpc) is 1.98. The van der Waals surface area contributed by atoms with Gasteiger partial charge in [-0.1, -0.05) is 11.6 Å². The van der Waals surface area contributed by atoms with Gasteiger partial charge in [-0.3, -0.25) is 0 Å². The predicted molar refractivity (Wildman–Crippen MR) is 54.0 cm³/mol. The first kappa shape index (κ1) is 10.5. The van der Waals surface area contributed by atoms with Gasteiger partial charge in [-0.25, -0.2) is 8.42 Å². The van der Waals surface area contributed by atoms with E-state index >= 15 is 0 Å². The maximum Gasteiger partial charge on any atom is 0.175 e. The number of halogens is 1. The topological polar surface area (TPSA) is 34.1 Å². The van der Waals surface area contributed by atoms with E-state index in [1.165, 1.54) is 6.26 Å². The molecule has 1 rings (SSSR count). The fourth-order valence-electron chi connectivity index (χ4n) is 1.16. The highest BCUT2D eigenvalue weighted by atomic mass is 35.5. The molecule has 0 N–H and O–H groups in total. The fourth-order valence-corrected chi connectivity index (χ4v) is 2.39. The average molecular weight is 219 g/mol.